The number of methoxy groups -OCH3 is 1. The first-order chi connectivity index (χ1) is 16.9. The Balaban J connectivity index is 1.64. The Morgan fingerprint density at radius 2 is 1.71 bits per heavy atom. The number of esters is 1. The summed E-state index contributed by atoms with van der Waals surface area (Å²) in [6, 6.07) is 21.3. The second kappa shape index (κ2) is 9.19. The normalized spacial score (nSPS) is 16.6. The molecule has 0 fully saturated rings. The van der Waals surface area contributed by atoms with Crippen LogP contribution in [0.1, 0.15) is 45.5 Å². The number of fused-ring (bicyclic) bond motifs is 2. The summed E-state index contributed by atoms with van der Waals surface area (Å²) in [5, 5.41) is 3.31. The van der Waals surface area contributed by atoms with Crippen LogP contribution < -0.4 is 10.1 Å². The number of hydrogen-bond donors (Lipinski definition) is 1. The van der Waals surface area contributed by atoms with Crippen molar-refractivity contribution in [3.05, 3.63) is 116 Å². The van der Waals surface area contributed by atoms with Gasteiger partial charge in [0.15, 0.2) is 5.78 Å². The zero-order valence-electron chi connectivity index (χ0n) is 19.6. The molecule has 35 heavy (non-hydrogen) atoms. The molecule has 1 aliphatic heterocycles. The van der Waals surface area contributed by atoms with Crippen LogP contribution in [0.5, 0.6) is 5.75 Å². The average molecular weight is 530 g/mol. The molecule has 2 aliphatic rings. The fraction of sp³-hybridized carbons (Fsp3) is 0.172. The molecule has 0 bridgehead atoms. The van der Waals surface area contributed by atoms with E-state index in [-0.39, 0.29) is 5.78 Å². The van der Waals surface area contributed by atoms with E-state index in [1.807, 2.05) is 80.6 Å². The number of ether oxygens (including phenoxy) is 2. The topological polar surface area (TPSA) is 64.6 Å². The second-order valence-electron chi connectivity index (χ2n) is 8.71. The SMILES string of the molecule is COC(=O)C1=C(C)NC2=C(C(=O)c3ccccc32)[C@@H]1c1cc(Br)ccc1OCc1ccc(C)cc1. The largest absolute Gasteiger partial charge is 0.489 e. The molecule has 5 rings (SSSR count). The molecule has 0 saturated heterocycles. The minimum atomic E-state index is -0.649. The number of dihydropyridines is 1. The fourth-order valence-corrected chi connectivity index (χ4v) is 5.12. The lowest BCUT2D eigenvalue weighted by Crippen LogP contribution is -2.29. The number of halogens is 1. The van der Waals surface area contributed by atoms with Gasteiger partial charge in [-0.25, -0.2) is 4.79 Å². The summed E-state index contributed by atoms with van der Waals surface area (Å²) in [5.74, 6) is -0.638. The van der Waals surface area contributed by atoms with Gasteiger partial charge in [0, 0.05) is 32.4 Å². The molecule has 1 N–H and O–H groups in total. The molecule has 3 aromatic carbocycles. The molecular weight excluding hydrogens is 506 g/mol. The molecule has 1 atom stereocenters. The van der Waals surface area contributed by atoms with E-state index in [0.717, 1.165) is 26.9 Å². The van der Waals surface area contributed by atoms with Crippen molar-refractivity contribution in [2.24, 2.45) is 0 Å². The van der Waals surface area contributed by atoms with Gasteiger partial charge in [0.2, 0.25) is 0 Å². The van der Waals surface area contributed by atoms with Gasteiger partial charge in [-0.3, -0.25) is 4.79 Å². The number of hydrogen-bond acceptors (Lipinski definition) is 5. The van der Waals surface area contributed by atoms with Crippen molar-refractivity contribution in [3.8, 4) is 5.75 Å². The van der Waals surface area contributed by atoms with E-state index in [4.69, 9.17) is 9.47 Å². The van der Waals surface area contributed by atoms with Gasteiger partial charge in [0.1, 0.15) is 12.4 Å². The van der Waals surface area contributed by atoms with E-state index >= 15 is 0 Å². The maximum Gasteiger partial charge on any atom is 0.336 e. The van der Waals surface area contributed by atoms with Crippen molar-refractivity contribution in [2.45, 2.75) is 26.4 Å². The quantitative estimate of drug-likeness (QED) is 0.406. The van der Waals surface area contributed by atoms with Crippen LogP contribution in [-0.4, -0.2) is 18.9 Å². The number of aryl methyl sites for hydroxylation is 1. The van der Waals surface area contributed by atoms with Gasteiger partial charge in [-0.15, -0.1) is 0 Å². The lowest BCUT2D eigenvalue weighted by atomic mass is 9.79. The van der Waals surface area contributed by atoms with Crippen molar-refractivity contribution >= 4 is 33.4 Å². The summed E-state index contributed by atoms with van der Waals surface area (Å²) in [7, 11) is 1.35. The monoisotopic (exact) mass is 529 g/mol. The van der Waals surface area contributed by atoms with Crippen LogP contribution in [0.15, 0.2) is 88.0 Å². The highest BCUT2D eigenvalue weighted by atomic mass is 79.9. The van der Waals surface area contributed by atoms with E-state index in [1.165, 1.54) is 12.7 Å². The number of ketones is 1. The number of carbonyl (C=O) groups is 2. The first kappa shape index (κ1) is 23.1. The van der Waals surface area contributed by atoms with Crippen LogP contribution in [-0.2, 0) is 16.1 Å². The summed E-state index contributed by atoms with van der Waals surface area (Å²) >= 11 is 3.57. The Morgan fingerprint density at radius 3 is 2.43 bits per heavy atom. The van der Waals surface area contributed by atoms with Gasteiger partial charge in [0.05, 0.1) is 24.3 Å². The highest BCUT2D eigenvalue weighted by molar-refractivity contribution is 9.10. The van der Waals surface area contributed by atoms with Gasteiger partial charge in [-0.05, 0) is 37.6 Å². The first-order valence-corrected chi connectivity index (χ1v) is 12.1. The molecule has 1 aliphatic carbocycles. The molecule has 0 saturated carbocycles. The van der Waals surface area contributed by atoms with Crippen molar-refractivity contribution < 1.29 is 19.1 Å². The standard InChI is InChI=1S/C29H24BrNO4/c1-16-8-10-18(11-9-16)15-35-23-13-12-19(30)14-22(23)25-24(29(33)34-3)17(2)31-27-20-6-4-5-7-21(20)28(32)26(25)27/h4-14,25,31H,15H2,1-3H3/t25-/m1/s1. The van der Waals surface area contributed by atoms with Crippen LogP contribution in [0.2, 0.25) is 0 Å². The van der Waals surface area contributed by atoms with Crippen LogP contribution in [0, 0.1) is 6.92 Å². The number of Topliss-reactive ketones (excluding diaryl/α,β-unsaturated/α-hetero) is 1. The highest BCUT2D eigenvalue weighted by Crippen LogP contribution is 2.49. The van der Waals surface area contributed by atoms with Gasteiger partial charge in [-0.2, -0.15) is 0 Å². The van der Waals surface area contributed by atoms with Crippen molar-refractivity contribution in [3.63, 3.8) is 0 Å². The lowest BCUT2D eigenvalue weighted by Gasteiger charge is -2.30. The summed E-state index contributed by atoms with van der Waals surface area (Å²) in [6.07, 6.45) is 0. The van der Waals surface area contributed by atoms with Gasteiger partial charge < -0.3 is 14.8 Å². The Morgan fingerprint density at radius 1 is 1.00 bits per heavy atom. The maximum atomic E-state index is 13.7. The molecule has 0 unspecified atom stereocenters. The molecule has 6 heteroatoms. The van der Waals surface area contributed by atoms with E-state index in [0.29, 0.717) is 34.8 Å². The molecule has 0 aromatic heterocycles. The van der Waals surface area contributed by atoms with Gasteiger partial charge >= 0.3 is 5.97 Å². The minimum absolute atomic E-state index is 0.105. The molecule has 5 nitrogen and oxygen atoms in total. The first-order valence-electron chi connectivity index (χ1n) is 11.3. The smallest absolute Gasteiger partial charge is 0.336 e. The third-order valence-electron chi connectivity index (χ3n) is 6.45. The molecule has 176 valence electrons. The average Bonchev–Trinajstić information content (AvgIpc) is 3.14. The predicted octanol–water partition coefficient (Wildman–Crippen LogP) is 6.08. The van der Waals surface area contributed by atoms with E-state index in [2.05, 4.69) is 21.2 Å². The molecule has 0 amide bonds. The van der Waals surface area contributed by atoms with Gasteiger partial charge in [-0.1, -0.05) is 70.0 Å². The molecule has 1 heterocycles. The predicted molar refractivity (Wildman–Crippen MR) is 138 cm³/mol. The summed E-state index contributed by atoms with van der Waals surface area (Å²) in [4.78, 5) is 26.7. The molecule has 3 aromatic rings. The maximum absolute atomic E-state index is 13.7. The van der Waals surface area contributed by atoms with Crippen molar-refractivity contribution in [2.75, 3.05) is 7.11 Å². The Labute approximate surface area is 212 Å². The Kier molecular flexibility index (Phi) is 6.07. The molecular formula is C29H24BrNO4. The third-order valence-corrected chi connectivity index (χ3v) is 6.95. The minimum Gasteiger partial charge on any atom is -0.489 e. The zero-order valence-corrected chi connectivity index (χ0v) is 21.2. The number of carbonyl (C=O) groups excluding carboxylic acids is 2. The molecule has 0 spiro atoms. The van der Waals surface area contributed by atoms with E-state index < -0.39 is 11.9 Å². The fourth-order valence-electron chi connectivity index (χ4n) is 4.74. The lowest BCUT2D eigenvalue weighted by molar-refractivity contribution is -0.136. The van der Waals surface area contributed by atoms with Gasteiger partial charge in [0.25, 0.3) is 0 Å². The van der Waals surface area contributed by atoms with Crippen molar-refractivity contribution in [1.82, 2.24) is 5.32 Å². The Hall–Kier alpha value is -3.64. The van der Waals surface area contributed by atoms with Crippen LogP contribution >= 0.6 is 15.9 Å². The number of allylic oxidation sites excluding steroid dienone is 2. The van der Waals surface area contributed by atoms with Crippen LogP contribution in [0.4, 0.5) is 0 Å². The van der Waals surface area contributed by atoms with Crippen LogP contribution in [0.25, 0.3) is 5.70 Å². The second-order valence-corrected chi connectivity index (χ2v) is 9.62. The summed E-state index contributed by atoms with van der Waals surface area (Å²) < 4.78 is 12.3. The van der Waals surface area contributed by atoms with Crippen LogP contribution in [0.3, 0.4) is 0 Å². The van der Waals surface area contributed by atoms with Crippen molar-refractivity contribution in [1.29, 1.82) is 0 Å². The number of nitrogens with one attached hydrogen (secondary N) is 1. The molecule has 0 radical (unpaired) electrons. The summed E-state index contributed by atoms with van der Waals surface area (Å²) in [6.45, 7) is 4.23. The van der Waals surface area contributed by atoms with E-state index in [9.17, 15) is 9.59 Å². The number of benzene rings is 3. The number of rotatable bonds is 5. The van der Waals surface area contributed by atoms with E-state index in [1.54, 1.807) is 0 Å². The third kappa shape index (κ3) is 4.08. The summed E-state index contributed by atoms with van der Waals surface area (Å²) in [5.41, 5.74) is 6.67. The zero-order chi connectivity index (χ0) is 24.7. The highest BCUT2D eigenvalue weighted by Gasteiger charge is 2.43. The Bertz CT molecular complexity index is 1420.